The van der Waals surface area contributed by atoms with E-state index in [1.807, 2.05) is 0 Å². The second-order valence-corrected chi connectivity index (χ2v) is 11.4. The summed E-state index contributed by atoms with van der Waals surface area (Å²) in [6, 6.07) is 2.94. The molecule has 1 N–H and O–H groups in total. The number of halogens is 1. The van der Waals surface area contributed by atoms with Gasteiger partial charge < -0.3 is 5.32 Å². The molecule has 1 heterocycles. The maximum absolute atomic E-state index is 13.9. The normalized spacial score (nSPS) is 20.8. The average molecular weight is 377 g/mol. The highest BCUT2D eigenvalue weighted by molar-refractivity contribution is 7.96. The van der Waals surface area contributed by atoms with Gasteiger partial charge in [0.05, 0.1) is 27.2 Å². The van der Waals surface area contributed by atoms with Crippen molar-refractivity contribution < 1.29 is 26.0 Å². The number of sulfone groups is 2. The fourth-order valence-electron chi connectivity index (χ4n) is 2.46. The lowest BCUT2D eigenvalue weighted by Crippen LogP contribution is -2.41. The molecule has 0 saturated carbocycles. The third kappa shape index (κ3) is 4.13. The summed E-state index contributed by atoms with van der Waals surface area (Å²) in [4.78, 5) is 11.9. The molecule has 24 heavy (non-hydrogen) atoms. The Labute approximate surface area is 141 Å². The summed E-state index contributed by atoms with van der Waals surface area (Å²) in [6.07, 6.45) is 0.00552. The summed E-state index contributed by atoms with van der Waals surface area (Å²) < 4.78 is 62.1. The number of benzene rings is 1. The first-order chi connectivity index (χ1) is 10.8. The predicted octanol–water partition coefficient (Wildman–Crippen LogP) is 1.31. The minimum atomic E-state index is -3.95. The fraction of sp³-hybridized carbons (Fsp3) is 0.533. The van der Waals surface area contributed by atoms with Crippen LogP contribution in [0.3, 0.4) is 0 Å². The van der Waals surface area contributed by atoms with Gasteiger partial charge in [-0.3, -0.25) is 4.79 Å². The van der Waals surface area contributed by atoms with Crippen molar-refractivity contribution in [2.24, 2.45) is 0 Å². The van der Waals surface area contributed by atoms with Crippen molar-refractivity contribution in [1.29, 1.82) is 0 Å². The molecule has 9 heteroatoms. The van der Waals surface area contributed by atoms with E-state index < -0.39 is 47.9 Å². The van der Waals surface area contributed by atoms with Gasteiger partial charge in [-0.25, -0.2) is 21.2 Å². The topological polar surface area (TPSA) is 97.4 Å². The van der Waals surface area contributed by atoms with E-state index in [0.717, 1.165) is 18.2 Å². The highest BCUT2D eigenvalue weighted by Gasteiger charge is 2.38. The van der Waals surface area contributed by atoms with Gasteiger partial charge in [0, 0.05) is 5.54 Å². The Bertz CT molecular complexity index is 870. The molecule has 0 bridgehead atoms. The maximum Gasteiger partial charge on any atom is 0.254 e. The predicted molar refractivity (Wildman–Crippen MR) is 87.9 cm³/mol. The third-order valence-corrected chi connectivity index (χ3v) is 7.80. The van der Waals surface area contributed by atoms with Crippen LogP contribution in [0.15, 0.2) is 23.1 Å². The van der Waals surface area contributed by atoms with Crippen LogP contribution in [0, 0.1) is 5.82 Å². The van der Waals surface area contributed by atoms with Gasteiger partial charge >= 0.3 is 0 Å². The van der Waals surface area contributed by atoms with Gasteiger partial charge in [0.25, 0.3) is 5.91 Å². The zero-order valence-corrected chi connectivity index (χ0v) is 15.3. The molecular formula is C15H20FNO5S2. The summed E-state index contributed by atoms with van der Waals surface area (Å²) >= 11 is 0. The molecule has 2 rings (SSSR count). The summed E-state index contributed by atoms with van der Waals surface area (Å²) in [5, 5.41) is 1.50. The number of rotatable bonds is 3. The molecular weight excluding hydrogens is 357 g/mol. The second kappa shape index (κ2) is 6.11. The lowest BCUT2D eigenvalue weighted by atomic mass is 10.1. The summed E-state index contributed by atoms with van der Waals surface area (Å²) in [5.41, 5.74) is -0.996. The van der Waals surface area contributed by atoms with Crippen LogP contribution in [0.5, 0.6) is 0 Å². The van der Waals surface area contributed by atoms with E-state index in [1.165, 1.54) is 0 Å². The molecule has 0 aromatic heterocycles. The molecule has 134 valence electrons. The lowest BCUT2D eigenvalue weighted by molar-refractivity contribution is 0.0915. The van der Waals surface area contributed by atoms with Gasteiger partial charge in [0.2, 0.25) is 0 Å². The molecule has 1 saturated heterocycles. The van der Waals surface area contributed by atoms with Gasteiger partial charge in [-0.2, -0.15) is 0 Å². The van der Waals surface area contributed by atoms with E-state index >= 15 is 0 Å². The molecule has 0 radical (unpaired) electrons. The molecule has 1 aliphatic heterocycles. The van der Waals surface area contributed by atoms with Crippen LogP contribution in [0.1, 0.15) is 37.6 Å². The molecule has 1 aromatic rings. The van der Waals surface area contributed by atoms with Crippen LogP contribution < -0.4 is 5.32 Å². The SMILES string of the molecule is CC(C)(C)NC(=O)c1cc(S(=O)(=O)[C@@H]2CCS(=O)(=O)C2)ccc1F. The number of amides is 1. The molecule has 1 aromatic carbocycles. The fourth-order valence-corrected chi connectivity index (χ4v) is 6.85. The molecule has 1 amide bonds. The van der Waals surface area contributed by atoms with Crippen molar-refractivity contribution in [1.82, 2.24) is 5.32 Å². The van der Waals surface area contributed by atoms with Crippen LogP contribution in [-0.4, -0.2) is 45.0 Å². The van der Waals surface area contributed by atoms with Gasteiger partial charge in [0.1, 0.15) is 5.82 Å². The number of nitrogens with one attached hydrogen (secondary N) is 1. The Morgan fingerprint density at radius 2 is 1.92 bits per heavy atom. The lowest BCUT2D eigenvalue weighted by Gasteiger charge is -2.21. The highest BCUT2D eigenvalue weighted by atomic mass is 32.2. The van der Waals surface area contributed by atoms with Crippen LogP contribution in [-0.2, 0) is 19.7 Å². The van der Waals surface area contributed by atoms with Crippen LogP contribution in [0.25, 0.3) is 0 Å². The monoisotopic (exact) mass is 377 g/mol. The van der Waals surface area contributed by atoms with Gasteiger partial charge in [-0.15, -0.1) is 0 Å². The Morgan fingerprint density at radius 1 is 1.29 bits per heavy atom. The highest BCUT2D eigenvalue weighted by Crippen LogP contribution is 2.26. The molecule has 6 nitrogen and oxygen atoms in total. The van der Waals surface area contributed by atoms with E-state index in [1.54, 1.807) is 20.8 Å². The Kier molecular flexibility index (Phi) is 4.80. The van der Waals surface area contributed by atoms with Crippen molar-refractivity contribution in [3.05, 3.63) is 29.6 Å². The number of hydrogen-bond acceptors (Lipinski definition) is 5. The van der Waals surface area contributed by atoms with Crippen LogP contribution in [0.4, 0.5) is 4.39 Å². The van der Waals surface area contributed by atoms with E-state index in [4.69, 9.17) is 0 Å². The van der Waals surface area contributed by atoms with Gasteiger partial charge in [-0.1, -0.05) is 0 Å². The summed E-state index contributed by atoms with van der Waals surface area (Å²) in [7, 11) is -7.33. The summed E-state index contributed by atoms with van der Waals surface area (Å²) in [5.74, 6) is -2.20. The van der Waals surface area contributed by atoms with Crippen molar-refractivity contribution >= 4 is 25.6 Å². The molecule has 1 fully saturated rings. The first-order valence-corrected chi connectivity index (χ1v) is 10.7. The van der Waals surface area contributed by atoms with Crippen molar-refractivity contribution in [2.75, 3.05) is 11.5 Å². The maximum atomic E-state index is 13.9. The van der Waals surface area contributed by atoms with Crippen molar-refractivity contribution in [3.8, 4) is 0 Å². The van der Waals surface area contributed by atoms with Gasteiger partial charge in [-0.05, 0) is 45.4 Å². The van der Waals surface area contributed by atoms with E-state index in [-0.39, 0.29) is 22.6 Å². The zero-order chi connectivity index (χ0) is 18.3. The molecule has 1 atom stereocenters. The number of carbonyl (C=O) groups is 1. The number of hydrogen-bond donors (Lipinski definition) is 1. The zero-order valence-electron chi connectivity index (χ0n) is 13.7. The first-order valence-electron chi connectivity index (χ1n) is 7.38. The van der Waals surface area contributed by atoms with Crippen molar-refractivity contribution in [3.63, 3.8) is 0 Å². The third-order valence-electron chi connectivity index (χ3n) is 3.63. The first kappa shape index (κ1) is 18.9. The summed E-state index contributed by atoms with van der Waals surface area (Å²) in [6.45, 7) is 5.15. The van der Waals surface area contributed by atoms with Crippen LogP contribution >= 0.6 is 0 Å². The van der Waals surface area contributed by atoms with Crippen LogP contribution in [0.2, 0.25) is 0 Å². The second-order valence-electron chi connectivity index (χ2n) is 6.92. The Balaban J connectivity index is 2.39. The van der Waals surface area contributed by atoms with E-state index in [0.29, 0.717) is 0 Å². The van der Waals surface area contributed by atoms with Crippen molar-refractivity contribution in [2.45, 2.75) is 42.9 Å². The Hall–Kier alpha value is -1.48. The minimum absolute atomic E-state index is 0.00552. The standard InChI is InChI=1S/C15H20FNO5S2/c1-15(2,3)17-14(18)12-8-10(4-5-13(12)16)24(21,22)11-6-7-23(19,20)9-11/h4-5,8,11H,6-7,9H2,1-3H3,(H,17,18)/t11-/m1/s1. The average Bonchev–Trinajstić information content (AvgIpc) is 2.78. The molecule has 1 aliphatic rings. The molecule has 0 aliphatic carbocycles. The number of carbonyl (C=O) groups excluding carboxylic acids is 1. The molecule has 0 unspecified atom stereocenters. The Morgan fingerprint density at radius 3 is 2.42 bits per heavy atom. The van der Waals surface area contributed by atoms with Gasteiger partial charge in [0.15, 0.2) is 19.7 Å². The largest absolute Gasteiger partial charge is 0.347 e. The molecule has 0 spiro atoms. The minimum Gasteiger partial charge on any atom is -0.347 e. The smallest absolute Gasteiger partial charge is 0.254 e. The van der Waals surface area contributed by atoms with E-state index in [9.17, 15) is 26.0 Å². The van der Waals surface area contributed by atoms with E-state index in [2.05, 4.69) is 5.32 Å². The quantitative estimate of drug-likeness (QED) is 0.801.